The maximum Gasteiger partial charge on any atom is 0.193 e. The topological polar surface area (TPSA) is 29.1 Å². The standard InChI is InChI=1S/C10H14ClNOS/c1-4-12-10(2,3)9(13)8-7(11)5-6-14-8/h5-6,12H,4H2,1-3H3. The van der Waals surface area contributed by atoms with Crippen molar-refractivity contribution in [1.82, 2.24) is 5.32 Å². The lowest BCUT2D eigenvalue weighted by atomic mass is 9.98. The highest BCUT2D eigenvalue weighted by Crippen LogP contribution is 2.26. The molecule has 1 aromatic heterocycles. The predicted molar refractivity (Wildman–Crippen MR) is 61.4 cm³/mol. The van der Waals surface area contributed by atoms with Crippen LogP contribution in [0.25, 0.3) is 0 Å². The van der Waals surface area contributed by atoms with Gasteiger partial charge < -0.3 is 5.32 Å². The zero-order valence-electron chi connectivity index (χ0n) is 8.56. The molecule has 0 bridgehead atoms. The van der Waals surface area contributed by atoms with Crippen LogP contribution in [0.15, 0.2) is 11.4 Å². The van der Waals surface area contributed by atoms with Crippen molar-refractivity contribution >= 4 is 28.7 Å². The minimum Gasteiger partial charge on any atom is -0.305 e. The van der Waals surface area contributed by atoms with Gasteiger partial charge >= 0.3 is 0 Å². The van der Waals surface area contributed by atoms with Crippen molar-refractivity contribution in [2.45, 2.75) is 26.3 Å². The highest BCUT2D eigenvalue weighted by Gasteiger charge is 2.29. The summed E-state index contributed by atoms with van der Waals surface area (Å²) in [6.45, 7) is 6.48. The fourth-order valence-corrected chi connectivity index (χ4v) is 2.50. The summed E-state index contributed by atoms with van der Waals surface area (Å²) in [6.07, 6.45) is 0. The highest BCUT2D eigenvalue weighted by molar-refractivity contribution is 7.12. The number of nitrogens with one attached hydrogen (secondary N) is 1. The van der Waals surface area contributed by atoms with Gasteiger partial charge in [-0.05, 0) is 31.8 Å². The summed E-state index contributed by atoms with van der Waals surface area (Å²) in [4.78, 5) is 12.6. The number of rotatable bonds is 4. The van der Waals surface area contributed by atoms with E-state index in [9.17, 15) is 4.79 Å². The first-order chi connectivity index (χ1) is 6.49. The molecule has 0 aromatic carbocycles. The minimum absolute atomic E-state index is 0.0550. The number of likely N-dealkylation sites (N-methyl/N-ethyl adjacent to an activating group) is 1. The van der Waals surface area contributed by atoms with Crippen molar-refractivity contribution in [3.05, 3.63) is 21.3 Å². The Bertz CT molecular complexity index is 333. The summed E-state index contributed by atoms with van der Waals surface area (Å²) in [5, 5.41) is 5.51. The fraction of sp³-hybridized carbons (Fsp3) is 0.500. The van der Waals surface area contributed by atoms with Crippen LogP contribution in [0.3, 0.4) is 0 Å². The molecule has 0 saturated heterocycles. The molecular formula is C10H14ClNOS. The highest BCUT2D eigenvalue weighted by atomic mass is 35.5. The maximum absolute atomic E-state index is 12.0. The van der Waals surface area contributed by atoms with Crippen molar-refractivity contribution < 1.29 is 4.79 Å². The summed E-state index contributed by atoms with van der Waals surface area (Å²) in [5.41, 5.74) is -0.538. The van der Waals surface area contributed by atoms with Gasteiger partial charge in [-0.1, -0.05) is 18.5 Å². The van der Waals surface area contributed by atoms with Crippen molar-refractivity contribution in [2.75, 3.05) is 6.54 Å². The van der Waals surface area contributed by atoms with Gasteiger partial charge in [0.25, 0.3) is 0 Å². The first kappa shape index (κ1) is 11.7. The van der Waals surface area contributed by atoms with Crippen LogP contribution in [0.1, 0.15) is 30.4 Å². The molecular weight excluding hydrogens is 218 g/mol. The fourth-order valence-electron chi connectivity index (χ4n) is 1.26. The molecule has 1 N–H and O–H groups in total. The molecule has 0 fully saturated rings. The maximum atomic E-state index is 12.0. The van der Waals surface area contributed by atoms with E-state index >= 15 is 0 Å². The van der Waals surface area contributed by atoms with Crippen LogP contribution in [0, 0.1) is 0 Å². The summed E-state index contributed by atoms with van der Waals surface area (Å²) < 4.78 is 0. The first-order valence-electron chi connectivity index (χ1n) is 4.52. The van der Waals surface area contributed by atoms with E-state index < -0.39 is 5.54 Å². The normalized spacial score (nSPS) is 11.7. The molecule has 0 spiro atoms. The molecule has 0 unspecified atom stereocenters. The predicted octanol–water partition coefficient (Wildman–Crippen LogP) is 2.97. The summed E-state index contributed by atoms with van der Waals surface area (Å²) in [7, 11) is 0. The Hall–Kier alpha value is -0.380. The molecule has 1 aromatic rings. The minimum atomic E-state index is -0.538. The van der Waals surface area contributed by atoms with E-state index in [0.29, 0.717) is 9.90 Å². The third-order valence-corrected chi connectivity index (χ3v) is 3.35. The zero-order valence-corrected chi connectivity index (χ0v) is 10.1. The van der Waals surface area contributed by atoms with Crippen molar-refractivity contribution in [1.29, 1.82) is 0 Å². The third-order valence-electron chi connectivity index (χ3n) is 2.01. The van der Waals surface area contributed by atoms with Crippen molar-refractivity contribution in [2.24, 2.45) is 0 Å². The molecule has 14 heavy (non-hydrogen) atoms. The molecule has 0 aliphatic carbocycles. The molecule has 0 aliphatic heterocycles. The lowest BCUT2D eigenvalue weighted by molar-refractivity contribution is 0.0888. The van der Waals surface area contributed by atoms with Crippen LogP contribution in [0.2, 0.25) is 5.02 Å². The second kappa shape index (κ2) is 4.43. The Morgan fingerprint density at radius 3 is 2.71 bits per heavy atom. The van der Waals surface area contributed by atoms with E-state index in [1.807, 2.05) is 26.2 Å². The molecule has 2 nitrogen and oxygen atoms in total. The largest absolute Gasteiger partial charge is 0.305 e. The van der Waals surface area contributed by atoms with Gasteiger partial charge in [-0.15, -0.1) is 11.3 Å². The number of thiophene rings is 1. The third kappa shape index (κ3) is 2.35. The molecule has 0 amide bonds. The first-order valence-corrected chi connectivity index (χ1v) is 5.77. The molecule has 1 heterocycles. The van der Waals surface area contributed by atoms with Crippen LogP contribution in [-0.4, -0.2) is 17.9 Å². The summed E-state index contributed by atoms with van der Waals surface area (Å²) >= 11 is 7.29. The number of hydrogen-bond donors (Lipinski definition) is 1. The molecule has 4 heteroatoms. The zero-order chi connectivity index (χ0) is 10.8. The van der Waals surface area contributed by atoms with Gasteiger partial charge in [0.2, 0.25) is 0 Å². The number of halogens is 1. The van der Waals surface area contributed by atoms with E-state index in [2.05, 4.69) is 5.32 Å². The van der Waals surface area contributed by atoms with Crippen LogP contribution in [0.5, 0.6) is 0 Å². The lowest BCUT2D eigenvalue weighted by Gasteiger charge is -2.23. The van der Waals surface area contributed by atoms with Gasteiger partial charge in [0.15, 0.2) is 5.78 Å². The van der Waals surface area contributed by atoms with Gasteiger partial charge in [0.1, 0.15) is 0 Å². The second-order valence-electron chi connectivity index (χ2n) is 3.58. The number of carbonyl (C=O) groups is 1. The monoisotopic (exact) mass is 231 g/mol. The molecule has 0 saturated carbocycles. The average molecular weight is 232 g/mol. The molecule has 0 radical (unpaired) electrons. The number of Topliss-reactive ketones (excluding diaryl/α,β-unsaturated/α-hetero) is 1. The van der Waals surface area contributed by atoms with Crippen LogP contribution < -0.4 is 5.32 Å². The van der Waals surface area contributed by atoms with Crippen LogP contribution >= 0.6 is 22.9 Å². The van der Waals surface area contributed by atoms with Crippen molar-refractivity contribution in [3.63, 3.8) is 0 Å². The molecule has 1 rings (SSSR count). The summed E-state index contributed by atoms with van der Waals surface area (Å²) in [5.74, 6) is 0.0550. The van der Waals surface area contributed by atoms with Crippen molar-refractivity contribution in [3.8, 4) is 0 Å². The Morgan fingerprint density at radius 1 is 1.64 bits per heavy atom. The molecule has 78 valence electrons. The van der Waals surface area contributed by atoms with E-state index in [4.69, 9.17) is 11.6 Å². The van der Waals surface area contributed by atoms with E-state index in [1.54, 1.807) is 6.07 Å². The Morgan fingerprint density at radius 2 is 2.29 bits per heavy atom. The molecule has 0 atom stereocenters. The number of hydrogen-bond acceptors (Lipinski definition) is 3. The molecule has 0 aliphatic rings. The van der Waals surface area contributed by atoms with Crippen LogP contribution in [0.4, 0.5) is 0 Å². The van der Waals surface area contributed by atoms with Crippen LogP contribution in [-0.2, 0) is 0 Å². The van der Waals surface area contributed by atoms with Gasteiger partial charge in [0, 0.05) is 0 Å². The van der Waals surface area contributed by atoms with E-state index in [1.165, 1.54) is 11.3 Å². The lowest BCUT2D eigenvalue weighted by Crippen LogP contribution is -2.46. The Labute approximate surface area is 93.3 Å². The number of carbonyl (C=O) groups excluding carboxylic acids is 1. The smallest absolute Gasteiger partial charge is 0.193 e. The van der Waals surface area contributed by atoms with Gasteiger partial charge in [-0.25, -0.2) is 0 Å². The Kier molecular flexibility index (Phi) is 3.70. The average Bonchev–Trinajstić information content (AvgIpc) is 2.50. The SMILES string of the molecule is CCNC(C)(C)C(=O)c1sccc1Cl. The Balaban J connectivity index is 2.90. The number of ketones is 1. The quantitative estimate of drug-likeness (QED) is 0.808. The van der Waals surface area contributed by atoms with Gasteiger partial charge in [-0.3, -0.25) is 4.79 Å². The van der Waals surface area contributed by atoms with Gasteiger partial charge in [-0.2, -0.15) is 0 Å². The second-order valence-corrected chi connectivity index (χ2v) is 4.91. The van der Waals surface area contributed by atoms with E-state index in [0.717, 1.165) is 6.54 Å². The van der Waals surface area contributed by atoms with E-state index in [-0.39, 0.29) is 5.78 Å². The summed E-state index contributed by atoms with van der Waals surface area (Å²) in [6, 6.07) is 1.75. The van der Waals surface area contributed by atoms with Gasteiger partial charge in [0.05, 0.1) is 15.4 Å².